The van der Waals surface area contributed by atoms with Gasteiger partial charge in [0.1, 0.15) is 23.3 Å². The highest BCUT2D eigenvalue weighted by atomic mass is 19.1. The minimum atomic E-state index is -0.566. The van der Waals surface area contributed by atoms with Crippen molar-refractivity contribution in [3.8, 4) is 6.07 Å². The molecule has 2 N–H and O–H groups in total. The Morgan fingerprint density at radius 2 is 2.11 bits per heavy atom. The molecule has 1 aromatic heterocycles. The van der Waals surface area contributed by atoms with Gasteiger partial charge in [0.15, 0.2) is 5.82 Å². The van der Waals surface area contributed by atoms with E-state index < -0.39 is 5.82 Å². The van der Waals surface area contributed by atoms with E-state index in [0.29, 0.717) is 17.3 Å². The predicted molar refractivity (Wildman–Crippen MR) is 70.6 cm³/mol. The smallest absolute Gasteiger partial charge is 0.151 e. The zero-order valence-electron chi connectivity index (χ0n) is 10.3. The molecule has 0 atom stereocenters. The van der Waals surface area contributed by atoms with Gasteiger partial charge in [0.25, 0.3) is 0 Å². The third-order valence-corrected chi connectivity index (χ3v) is 2.38. The van der Waals surface area contributed by atoms with Crippen LogP contribution in [0.4, 0.5) is 21.7 Å². The zero-order valence-corrected chi connectivity index (χ0v) is 10.3. The van der Waals surface area contributed by atoms with Gasteiger partial charge in [-0.05, 0) is 19.1 Å². The summed E-state index contributed by atoms with van der Waals surface area (Å²) < 4.78 is 13.4. The molecule has 0 aliphatic rings. The lowest BCUT2D eigenvalue weighted by Crippen LogP contribution is -2.03. The maximum absolute atomic E-state index is 13.4. The minimum absolute atomic E-state index is 0.0434. The molecule has 0 aliphatic carbocycles. The highest BCUT2D eigenvalue weighted by molar-refractivity contribution is 5.65. The first kappa shape index (κ1) is 12.8. The van der Waals surface area contributed by atoms with Crippen molar-refractivity contribution in [1.29, 1.82) is 5.26 Å². The van der Waals surface area contributed by atoms with Crippen LogP contribution in [0.5, 0.6) is 0 Å². The molecule has 0 aliphatic heterocycles. The lowest BCUT2D eigenvalue weighted by molar-refractivity contribution is 0.624. The molecule has 5 nitrogen and oxygen atoms in total. The fraction of sp³-hybridized carbons (Fsp3) is 0.154. The average Bonchev–Trinajstić information content (AvgIpc) is 2.40. The molecule has 0 bridgehead atoms. The summed E-state index contributed by atoms with van der Waals surface area (Å²) in [6, 6.07) is 6.21. The van der Waals surface area contributed by atoms with E-state index in [1.807, 2.05) is 13.0 Å². The summed E-state index contributed by atoms with van der Waals surface area (Å²) in [7, 11) is 0. The summed E-state index contributed by atoms with van der Waals surface area (Å²) in [6.45, 7) is 2.67. The Bertz CT molecular complexity index is 621. The Kier molecular flexibility index (Phi) is 3.88. The second-order valence-corrected chi connectivity index (χ2v) is 3.72. The number of aromatic nitrogens is 2. The van der Waals surface area contributed by atoms with E-state index in [4.69, 9.17) is 5.26 Å². The van der Waals surface area contributed by atoms with Gasteiger partial charge in [-0.15, -0.1) is 0 Å². The average molecular weight is 257 g/mol. The third kappa shape index (κ3) is 2.96. The second-order valence-electron chi connectivity index (χ2n) is 3.72. The number of rotatable bonds is 4. The van der Waals surface area contributed by atoms with Crippen LogP contribution in [-0.2, 0) is 0 Å². The number of nitrogens with zero attached hydrogens (tertiary/aromatic N) is 3. The van der Waals surface area contributed by atoms with Gasteiger partial charge in [-0.1, -0.05) is 6.07 Å². The molecule has 2 rings (SSSR count). The fourth-order valence-electron chi connectivity index (χ4n) is 1.57. The van der Waals surface area contributed by atoms with Crippen molar-refractivity contribution in [2.75, 3.05) is 17.2 Å². The monoisotopic (exact) mass is 257 g/mol. The summed E-state index contributed by atoms with van der Waals surface area (Å²) in [5, 5.41) is 14.8. The van der Waals surface area contributed by atoms with Crippen molar-refractivity contribution < 1.29 is 4.39 Å². The second kappa shape index (κ2) is 5.78. The molecular weight excluding hydrogens is 245 g/mol. The summed E-state index contributed by atoms with van der Waals surface area (Å²) in [6.07, 6.45) is 3.10. The Hall–Kier alpha value is -2.68. The van der Waals surface area contributed by atoms with Crippen LogP contribution in [-0.4, -0.2) is 16.5 Å². The van der Waals surface area contributed by atoms with E-state index in [1.54, 1.807) is 12.3 Å². The number of nitriles is 1. The molecule has 0 radical (unpaired) electrons. The summed E-state index contributed by atoms with van der Waals surface area (Å²) in [4.78, 5) is 8.26. The topological polar surface area (TPSA) is 73.6 Å². The van der Waals surface area contributed by atoms with Crippen LogP contribution in [0.3, 0.4) is 0 Å². The van der Waals surface area contributed by atoms with Crippen molar-refractivity contribution in [3.63, 3.8) is 0 Å². The SMILES string of the molecule is CCNc1cncc(Nc2cccc(F)c2C#N)n1. The van der Waals surface area contributed by atoms with E-state index in [2.05, 4.69) is 20.6 Å². The zero-order chi connectivity index (χ0) is 13.7. The number of nitrogens with one attached hydrogen (secondary N) is 2. The van der Waals surface area contributed by atoms with Gasteiger partial charge >= 0.3 is 0 Å². The highest BCUT2D eigenvalue weighted by Crippen LogP contribution is 2.21. The van der Waals surface area contributed by atoms with Crippen LogP contribution in [0.25, 0.3) is 0 Å². The number of hydrogen-bond donors (Lipinski definition) is 2. The van der Waals surface area contributed by atoms with Crippen molar-refractivity contribution in [2.24, 2.45) is 0 Å². The van der Waals surface area contributed by atoms with Crippen molar-refractivity contribution >= 4 is 17.3 Å². The molecule has 19 heavy (non-hydrogen) atoms. The molecule has 96 valence electrons. The van der Waals surface area contributed by atoms with E-state index in [9.17, 15) is 4.39 Å². The first-order valence-electron chi connectivity index (χ1n) is 5.76. The Labute approximate surface area is 110 Å². The summed E-state index contributed by atoms with van der Waals surface area (Å²) in [5.74, 6) is 0.492. The predicted octanol–water partition coefficient (Wildman–Crippen LogP) is 2.66. The van der Waals surface area contributed by atoms with Gasteiger partial charge in [-0.2, -0.15) is 5.26 Å². The molecule has 1 heterocycles. The normalized spacial score (nSPS) is 9.74. The van der Waals surface area contributed by atoms with E-state index in [0.717, 1.165) is 6.54 Å². The number of hydrogen-bond acceptors (Lipinski definition) is 5. The lowest BCUT2D eigenvalue weighted by atomic mass is 10.2. The molecular formula is C13H12FN5. The van der Waals surface area contributed by atoms with Gasteiger partial charge in [0.05, 0.1) is 18.1 Å². The summed E-state index contributed by atoms with van der Waals surface area (Å²) >= 11 is 0. The van der Waals surface area contributed by atoms with Crippen molar-refractivity contribution in [3.05, 3.63) is 42.0 Å². The minimum Gasteiger partial charge on any atom is -0.369 e. The van der Waals surface area contributed by atoms with Crippen LogP contribution in [0.15, 0.2) is 30.6 Å². The lowest BCUT2D eigenvalue weighted by Gasteiger charge is -2.09. The number of halogens is 1. The van der Waals surface area contributed by atoms with Crippen LogP contribution < -0.4 is 10.6 Å². The van der Waals surface area contributed by atoms with Crippen molar-refractivity contribution in [2.45, 2.75) is 6.92 Å². The van der Waals surface area contributed by atoms with Gasteiger partial charge < -0.3 is 10.6 Å². The van der Waals surface area contributed by atoms with Crippen molar-refractivity contribution in [1.82, 2.24) is 9.97 Å². The maximum Gasteiger partial charge on any atom is 0.151 e. The van der Waals surface area contributed by atoms with Gasteiger partial charge in [-0.3, -0.25) is 4.98 Å². The van der Waals surface area contributed by atoms with E-state index in [-0.39, 0.29) is 5.56 Å². The molecule has 0 saturated heterocycles. The standard InChI is InChI=1S/C13H12FN5/c1-2-17-12-7-16-8-13(19-12)18-11-5-3-4-10(14)9(11)6-15/h3-5,7-8H,2H2,1H3,(H2,17,18,19). The molecule has 6 heteroatoms. The molecule has 0 fully saturated rings. The van der Waals surface area contributed by atoms with E-state index in [1.165, 1.54) is 18.3 Å². The van der Waals surface area contributed by atoms with Crippen LogP contribution in [0.1, 0.15) is 12.5 Å². The Morgan fingerprint density at radius 3 is 2.84 bits per heavy atom. The first-order chi connectivity index (χ1) is 9.24. The fourth-order valence-corrected chi connectivity index (χ4v) is 1.57. The maximum atomic E-state index is 13.4. The van der Waals surface area contributed by atoms with Crippen LogP contribution in [0, 0.1) is 17.1 Å². The van der Waals surface area contributed by atoms with Gasteiger partial charge in [0, 0.05) is 6.54 Å². The molecule has 2 aromatic rings. The number of benzene rings is 1. The Balaban J connectivity index is 2.29. The van der Waals surface area contributed by atoms with Gasteiger partial charge in [-0.25, -0.2) is 9.37 Å². The highest BCUT2D eigenvalue weighted by Gasteiger charge is 2.08. The molecule has 0 saturated carbocycles. The largest absolute Gasteiger partial charge is 0.369 e. The molecule has 0 spiro atoms. The van der Waals surface area contributed by atoms with Crippen LogP contribution >= 0.6 is 0 Å². The Morgan fingerprint density at radius 1 is 1.32 bits per heavy atom. The summed E-state index contributed by atoms with van der Waals surface area (Å²) in [5.41, 5.74) is 0.323. The van der Waals surface area contributed by atoms with Crippen LogP contribution in [0.2, 0.25) is 0 Å². The van der Waals surface area contributed by atoms with E-state index >= 15 is 0 Å². The molecule has 1 aromatic carbocycles. The first-order valence-corrected chi connectivity index (χ1v) is 5.76. The third-order valence-electron chi connectivity index (χ3n) is 2.38. The quantitative estimate of drug-likeness (QED) is 0.880. The molecule has 0 unspecified atom stereocenters. The van der Waals surface area contributed by atoms with Gasteiger partial charge in [0.2, 0.25) is 0 Å². The molecule has 0 amide bonds. The number of anilines is 3.